The van der Waals surface area contributed by atoms with Crippen molar-refractivity contribution in [3.05, 3.63) is 52.0 Å². The highest BCUT2D eigenvalue weighted by Gasteiger charge is 2.05. The molecule has 0 N–H and O–H groups in total. The number of aryl methyl sites for hydroxylation is 2. The highest BCUT2D eigenvalue weighted by atomic mass is 79.9. The molecule has 0 amide bonds. The summed E-state index contributed by atoms with van der Waals surface area (Å²) in [5, 5.41) is 2.47. The van der Waals surface area contributed by atoms with E-state index in [1.807, 2.05) is 6.07 Å². The molecule has 1 nitrogen and oxygen atoms in total. The lowest BCUT2D eigenvalue weighted by Gasteiger charge is -2.08. The fraction of sp³-hybridized carbons (Fsp3) is 0.133. The highest BCUT2D eigenvalue weighted by Crippen LogP contribution is 2.27. The van der Waals surface area contributed by atoms with E-state index in [1.54, 1.807) is 0 Å². The minimum absolute atomic E-state index is 1.06. The number of fused-ring (bicyclic) bond motifs is 2. The summed E-state index contributed by atoms with van der Waals surface area (Å²) in [6.07, 6.45) is 0. The second-order valence-electron chi connectivity index (χ2n) is 4.42. The van der Waals surface area contributed by atoms with Crippen LogP contribution in [0.5, 0.6) is 0 Å². The van der Waals surface area contributed by atoms with Crippen molar-refractivity contribution in [3.63, 3.8) is 0 Å². The zero-order chi connectivity index (χ0) is 12.0. The first-order valence-corrected chi connectivity index (χ1v) is 6.41. The van der Waals surface area contributed by atoms with E-state index in [-0.39, 0.29) is 0 Å². The van der Waals surface area contributed by atoms with Crippen LogP contribution in [-0.4, -0.2) is 4.98 Å². The number of aromatic nitrogens is 1. The Hall–Kier alpha value is -1.41. The fourth-order valence-corrected chi connectivity index (χ4v) is 2.59. The number of pyridine rings is 1. The third-order valence-electron chi connectivity index (χ3n) is 3.16. The monoisotopic (exact) mass is 285 g/mol. The average molecular weight is 286 g/mol. The number of hydrogen-bond acceptors (Lipinski definition) is 1. The Morgan fingerprint density at radius 1 is 0.882 bits per heavy atom. The van der Waals surface area contributed by atoms with Gasteiger partial charge in [-0.15, -0.1) is 0 Å². The summed E-state index contributed by atoms with van der Waals surface area (Å²) in [6, 6.07) is 12.6. The van der Waals surface area contributed by atoms with Gasteiger partial charge < -0.3 is 0 Å². The lowest BCUT2D eigenvalue weighted by atomic mass is 10.0. The number of hydrogen-bond donors (Lipinski definition) is 0. The zero-order valence-electron chi connectivity index (χ0n) is 9.79. The van der Waals surface area contributed by atoms with Gasteiger partial charge in [0.25, 0.3) is 0 Å². The predicted octanol–water partition coefficient (Wildman–Crippen LogP) is 4.77. The second-order valence-corrected chi connectivity index (χ2v) is 5.33. The molecule has 0 saturated heterocycles. The van der Waals surface area contributed by atoms with Crippen molar-refractivity contribution in [2.45, 2.75) is 13.8 Å². The smallest absolute Gasteiger partial charge is 0.0713 e. The maximum atomic E-state index is 4.70. The van der Waals surface area contributed by atoms with Crippen LogP contribution in [-0.2, 0) is 0 Å². The molecule has 84 valence electrons. The molecule has 3 aromatic rings. The lowest BCUT2D eigenvalue weighted by Crippen LogP contribution is -1.88. The van der Waals surface area contributed by atoms with Crippen LogP contribution in [0.25, 0.3) is 21.8 Å². The van der Waals surface area contributed by atoms with Gasteiger partial charge in [-0.1, -0.05) is 27.6 Å². The Balaban J connectivity index is 2.53. The van der Waals surface area contributed by atoms with Crippen LogP contribution in [0.15, 0.2) is 40.9 Å². The van der Waals surface area contributed by atoms with Gasteiger partial charge in [-0.3, -0.25) is 0 Å². The van der Waals surface area contributed by atoms with Gasteiger partial charge in [-0.25, -0.2) is 4.98 Å². The fourth-order valence-electron chi connectivity index (χ4n) is 2.23. The number of benzene rings is 2. The van der Waals surface area contributed by atoms with Gasteiger partial charge in [0.2, 0.25) is 0 Å². The molecule has 0 aliphatic carbocycles. The second kappa shape index (κ2) is 3.81. The summed E-state index contributed by atoms with van der Waals surface area (Å²) >= 11 is 3.52. The predicted molar refractivity (Wildman–Crippen MR) is 76.4 cm³/mol. The molecule has 0 aliphatic rings. The summed E-state index contributed by atoms with van der Waals surface area (Å²) in [5.41, 5.74) is 4.71. The standard InChI is InChI=1S/C15H12BrN/c1-9-3-5-14-12(7-9)10(2)13-8-11(16)4-6-15(13)17-14/h3-8H,1-2H3. The molecule has 0 unspecified atom stereocenters. The molecule has 2 aromatic carbocycles. The van der Waals surface area contributed by atoms with Gasteiger partial charge in [0.15, 0.2) is 0 Å². The Bertz CT molecular complexity index is 672. The molecule has 0 bridgehead atoms. The molecule has 1 heterocycles. The third kappa shape index (κ3) is 1.73. The first-order valence-electron chi connectivity index (χ1n) is 5.61. The van der Waals surface area contributed by atoms with Crippen LogP contribution in [0.2, 0.25) is 0 Å². The zero-order valence-corrected chi connectivity index (χ0v) is 11.4. The number of nitrogens with zero attached hydrogens (tertiary/aromatic N) is 1. The summed E-state index contributed by atoms with van der Waals surface area (Å²) < 4.78 is 1.10. The topological polar surface area (TPSA) is 12.9 Å². The van der Waals surface area contributed by atoms with E-state index in [2.05, 4.69) is 60.1 Å². The van der Waals surface area contributed by atoms with Gasteiger partial charge >= 0.3 is 0 Å². The number of rotatable bonds is 0. The van der Waals surface area contributed by atoms with Crippen LogP contribution >= 0.6 is 15.9 Å². The van der Waals surface area contributed by atoms with E-state index >= 15 is 0 Å². The maximum absolute atomic E-state index is 4.70. The minimum atomic E-state index is 1.06. The van der Waals surface area contributed by atoms with E-state index in [0.717, 1.165) is 15.5 Å². The molecule has 0 fully saturated rings. The van der Waals surface area contributed by atoms with Crippen molar-refractivity contribution in [3.8, 4) is 0 Å². The Labute approximate surface area is 109 Å². The van der Waals surface area contributed by atoms with Crippen molar-refractivity contribution in [2.24, 2.45) is 0 Å². The van der Waals surface area contributed by atoms with Crippen molar-refractivity contribution in [2.75, 3.05) is 0 Å². The van der Waals surface area contributed by atoms with E-state index in [4.69, 9.17) is 4.98 Å². The van der Waals surface area contributed by atoms with Crippen LogP contribution < -0.4 is 0 Å². The minimum Gasteiger partial charge on any atom is -0.248 e. The number of halogens is 1. The molecule has 3 rings (SSSR count). The van der Waals surface area contributed by atoms with Gasteiger partial charge in [-0.05, 0) is 49.7 Å². The molecule has 2 heteroatoms. The molecular formula is C15H12BrN. The van der Waals surface area contributed by atoms with Crippen molar-refractivity contribution >= 4 is 37.7 Å². The van der Waals surface area contributed by atoms with E-state index in [0.29, 0.717) is 0 Å². The molecule has 0 aliphatic heterocycles. The largest absolute Gasteiger partial charge is 0.248 e. The van der Waals surface area contributed by atoms with Gasteiger partial charge in [-0.2, -0.15) is 0 Å². The van der Waals surface area contributed by atoms with Crippen LogP contribution in [0.4, 0.5) is 0 Å². The lowest BCUT2D eigenvalue weighted by molar-refractivity contribution is 1.42. The highest BCUT2D eigenvalue weighted by molar-refractivity contribution is 9.10. The van der Waals surface area contributed by atoms with E-state index in [9.17, 15) is 0 Å². The van der Waals surface area contributed by atoms with Gasteiger partial charge in [0.1, 0.15) is 0 Å². The SMILES string of the molecule is Cc1ccc2nc3ccc(Br)cc3c(C)c2c1. The van der Waals surface area contributed by atoms with Gasteiger partial charge in [0, 0.05) is 15.2 Å². The first kappa shape index (κ1) is 10.7. The maximum Gasteiger partial charge on any atom is 0.0713 e. The van der Waals surface area contributed by atoms with Gasteiger partial charge in [0.05, 0.1) is 11.0 Å². The van der Waals surface area contributed by atoms with E-state index < -0.39 is 0 Å². The van der Waals surface area contributed by atoms with E-state index in [1.165, 1.54) is 21.9 Å². The summed E-state index contributed by atoms with van der Waals surface area (Å²) in [4.78, 5) is 4.70. The van der Waals surface area contributed by atoms with Crippen LogP contribution in [0.3, 0.4) is 0 Å². The average Bonchev–Trinajstić information content (AvgIpc) is 2.32. The summed E-state index contributed by atoms with van der Waals surface area (Å²) in [7, 11) is 0. The quantitative estimate of drug-likeness (QED) is 0.542. The van der Waals surface area contributed by atoms with Crippen LogP contribution in [0, 0.1) is 13.8 Å². The molecule has 0 saturated carbocycles. The van der Waals surface area contributed by atoms with Crippen molar-refractivity contribution in [1.29, 1.82) is 0 Å². The summed E-state index contributed by atoms with van der Waals surface area (Å²) in [5.74, 6) is 0. The van der Waals surface area contributed by atoms with Crippen molar-refractivity contribution in [1.82, 2.24) is 4.98 Å². The first-order chi connectivity index (χ1) is 8.15. The molecule has 1 aromatic heterocycles. The van der Waals surface area contributed by atoms with Crippen LogP contribution in [0.1, 0.15) is 11.1 Å². The molecule has 0 spiro atoms. The normalized spacial score (nSPS) is 11.2. The Morgan fingerprint density at radius 2 is 1.53 bits per heavy atom. The Morgan fingerprint density at radius 3 is 2.29 bits per heavy atom. The Kier molecular flexibility index (Phi) is 2.40. The molecule has 17 heavy (non-hydrogen) atoms. The molecule has 0 radical (unpaired) electrons. The summed E-state index contributed by atoms with van der Waals surface area (Å²) in [6.45, 7) is 4.28. The molecule has 0 atom stereocenters. The molecular weight excluding hydrogens is 274 g/mol. The van der Waals surface area contributed by atoms with Crippen molar-refractivity contribution < 1.29 is 0 Å². The third-order valence-corrected chi connectivity index (χ3v) is 3.65.